The van der Waals surface area contributed by atoms with Crippen molar-refractivity contribution in [2.24, 2.45) is 0 Å². The largest absolute Gasteiger partial charge is 0.493 e. The number of aromatic amines is 1. The average Bonchev–Trinajstić information content (AvgIpc) is 2.68. The summed E-state index contributed by atoms with van der Waals surface area (Å²) < 4.78 is 5.56. The third kappa shape index (κ3) is 1.85. The molecule has 0 unspecified atom stereocenters. The number of nitrogens with zero attached hydrogens (tertiary/aromatic N) is 1. The zero-order valence-corrected chi connectivity index (χ0v) is 9.92. The molecule has 0 atom stereocenters. The monoisotopic (exact) mass is 249 g/mol. The number of benzene rings is 1. The van der Waals surface area contributed by atoms with Gasteiger partial charge in [-0.1, -0.05) is 11.6 Å². The van der Waals surface area contributed by atoms with Crippen LogP contribution in [0.2, 0.25) is 5.15 Å². The molecule has 17 heavy (non-hydrogen) atoms. The van der Waals surface area contributed by atoms with Crippen molar-refractivity contribution in [3.8, 4) is 17.0 Å². The zero-order chi connectivity index (χ0) is 11.8. The number of fused-ring (bicyclic) bond motifs is 1. The molecule has 1 aromatic carbocycles. The molecule has 2 heterocycles. The van der Waals surface area contributed by atoms with Crippen LogP contribution in [-0.4, -0.2) is 16.6 Å². The molecule has 2 aromatic rings. The molecule has 4 nitrogen and oxygen atoms in total. The van der Waals surface area contributed by atoms with E-state index in [1.54, 1.807) is 0 Å². The number of nitrogens with one attached hydrogen (secondary N) is 1. The van der Waals surface area contributed by atoms with Crippen LogP contribution in [0.4, 0.5) is 5.95 Å². The molecular formula is C12H12ClN3O. The van der Waals surface area contributed by atoms with Gasteiger partial charge in [0, 0.05) is 5.56 Å². The number of aromatic nitrogens is 2. The van der Waals surface area contributed by atoms with Gasteiger partial charge in [0.2, 0.25) is 0 Å². The summed E-state index contributed by atoms with van der Waals surface area (Å²) >= 11 is 6.03. The third-order valence-electron chi connectivity index (χ3n) is 2.86. The van der Waals surface area contributed by atoms with Crippen LogP contribution in [0.25, 0.3) is 11.3 Å². The SMILES string of the molecule is Nc1nc(-c2ccc3c(c2)CCCO3)c(Cl)[nH]1. The molecule has 0 aliphatic carbocycles. The number of hydrogen-bond acceptors (Lipinski definition) is 3. The first kappa shape index (κ1) is 10.5. The first-order valence-corrected chi connectivity index (χ1v) is 5.89. The van der Waals surface area contributed by atoms with Crippen molar-refractivity contribution in [2.45, 2.75) is 12.8 Å². The average molecular weight is 250 g/mol. The molecule has 0 saturated carbocycles. The molecule has 0 fully saturated rings. The van der Waals surface area contributed by atoms with Crippen LogP contribution in [0.5, 0.6) is 5.75 Å². The summed E-state index contributed by atoms with van der Waals surface area (Å²) in [5.74, 6) is 1.29. The number of ether oxygens (including phenoxy) is 1. The van der Waals surface area contributed by atoms with Gasteiger partial charge in [-0.3, -0.25) is 0 Å². The lowest BCUT2D eigenvalue weighted by Gasteiger charge is -2.17. The molecule has 0 spiro atoms. The molecule has 0 bridgehead atoms. The van der Waals surface area contributed by atoms with Crippen LogP contribution in [0.15, 0.2) is 18.2 Å². The van der Waals surface area contributed by atoms with E-state index in [-0.39, 0.29) is 0 Å². The van der Waals surface area contributed by atoms with Crippen molar-refractivity contribution in [1.82, 2.24) is 9.97 Å². The number of halogens is 1. The fourth-order valence-electron chi connectivity index (χ4n) is 2.07. The van der Waals surface area contributed by atoms with Crippen LogP contribution in [0.3, 0.4) is 0 Å². The Bertz CT molecular complexity index is 565. The van der Waals surface area contributed by atoms with Crippen molar-refractivity contribution >= 4 is 17.5 Å². The third-order valence-corrected chi connectivity index (χ3v) is 3.13. The maximum atomic E-state index is 6.03. The van der Waals surface area contributed by atoms with Gasteiger partial charge >= 0.3 is 0 Å². The van der Waals surface area contributed by atoms with Crippen LogP contribution >= 0.6 is 11.6 Å². The molecule has 3 N–H and O–H groups in total. The summed E-state index contributed by atoms with van der Waals surface area (Å²) in [5, 5.41) is 0.471. The predicted molar refractivity (Wildman–Crippen MR) is 67.3 cm³/mol. The van der Waals surface area contributed by atoms with E-state index < -0.39 is 0 Å². The summed E-state index contributed by atoms with van der Waals surface area (Å²) in [4.78, 5) is 6.97. The van der Waals surface area contributed by atoms with Crippen LogP contribution < -0.4 is 10.5 Å². The van der Waals surface area contributed by atoms with Crippen LogP contribution in [-0.2, 0) is 6.42 Å². The van der Waals surface area contributed by atoms with Crippen molar-refractivity contribution in [3.63, 3.8) is 0 Å². The minimum absolute atomic E-state index is 0.332. The highest BCUT2D eigenvalue weighted by molar-refractivity contribution is 6.32. The summed E-state index contributed by atoms with van der Waals surface area (Å²) in [6, 6.07) is 5.98. The molecule has 1 aliphatic rings. The summed E-state index contributed by atoms with van der Waals surface area (Å²) in [6.07, 6.45) is 2.08. The highest BCUT2D eigenvalue weighted by Gasteiger charge is 2.14. The van der Waals surface area contributed by atoms with Crippen LogP contribution in [0.1, 0.15) is 12.0 Å². The number of hydrogen-bond donors (Lipinski definition) is 2. The summed E-state index contributed by atoms with van der Waals surface area (Å²) in [7, 11) is 0. The van der Waals surface area contributed by atoms with Crippen molar-refractivity contribution < 1.29 is 4.74 Å². The number of H-pyrrole nitrogens is 1. The van der Waals surface area contributed by atoms with Gasteiger partial charge in [-0.25, -0.2) is 4.98 Å². The predicted octanol–water partition coefficient (Wildman–Crippen LogP) is 2.64. The second-order valence-electron chi connectivity index (χ2n) is 4.06. The Kier molecular flexibility index (Phi) is 2.44. The smallest absolute Gasteiger partial charge is 0.199 e. The maximum absolute atomic E-state index is 6.03. The Morgan fingerprint density at radius 1 is 1.41 bits per heavy atom. The first-order chi connectivity index (χ1) is 8.24. The minimum Gasteiger partial charge on any atom is -0.493 e. The molecule has 1 aromatic heterocycles. The fourth-order valence-corrected chi connectivity index (χ4v) is 2.32. The molecule has 1 aliphatic heterocycles. The normalized spacial score (nSPS) is 14.2. The molecule has 3 rings (SSSR count). The zero-order valence-electron chi connectivity index (χ0n) is 9.16. The Labute approximate surface area is 104 Å². The molecule has 0 radical (unpaired) electrons. The topological polar surface area (TPSA) is 63.9 Å². The van der Waals surface area contributed by atoms with E-state index in [1.165, 1.54) is 5.56 Å². The quantitative estimate of drug-likeness (QED) is 0.817. The van der Waals surface area contributed by atoms with E-state index in [9.17, 15) is 0 Å². The number of rotatable bonds is 1. The molecule has 0 saturated heterocycles. The van der Waals surface area contributed by atoms with Gasteiger partial charge in [-0.2, -0.15) is 0 Å². The van der Waals surface area contributed by atoms with Gasteiger partial charge in [0.25, 0.3) is 0 Å². The lowest BCUT2D eigenvalue weighted by molar-refractivity contribution is 0.288. The fraction of sp³-hybridized carbons (Fsp3) is 0.250. The van der Waals surface area contributed by atoms with Gasteiger partial charge in [0.1, 0.15) is 16.6 Å². The lowest BCUT2D eigenvalue weighted by atomic mass is 10.0. The van der Waals surface area contributed by atoms with E-state index in [4.69, 9.17) is 22.1 Å². The minimum atomic E-state index is 0.332. The lowest BCUT2D eigenvalue weighted by Crippen LogP contribution is -2.08. The van der Waals surface area contributed by atoms with Gasteiger partial charge in [0.15, 0.2) is 5.95 Å². The second-order valence-corrected chi connectivity index (χ2v) is 4.44. The Balaban J connectivity index is 2.06. The number of anilines is 1. The number of aryl methyl sites for hydroxylation is 1. The molecule has 88 valence electrons. The van der Waals surface area contributed by atoms with E-state index in [0.717, 1.165) is 30.8 Å². The highest BCUT2D eigenvalue weighted by atomic mass is 35.5. The Morgan fingerprint density at radius 3 is 3.06 bits per heavy atom. The van der Waals surface area contributed by atoms with Gasteiger partial charge in [-0.05, 0) is 36.6 Å². The standard InChI is InChI=1S/C12H12ClN3O/c13-11-10(15-12(14)16-11)8-3-4-9-7(6-8)2-1-5-17-9/h3-4,6H,1-2,5H2,(H3,14,15,16). The highest BCUT2D eigenvalue weighted by Crippen LogP contribution is 2.32. The number of nitrogens with two attached hydrogens (primary N) is 1. The van der Waals surface area contributed by atoms with E-state index in [2.05, 4.69) is 16.0 Å². The van der Waals surface area contributed by atoms with Gasteiger partial charge in [-0.15, -0.1) is 0 Å². The Morgan fingerprint density at radius 2 is 2.29 bits per heavy atom. The van der Waals surface area contributed by atoms with Crippen molar-refractivity contribution in [3.05, 3.63) is 28.9 Å². The van der Waals surface area contributed by atoms with Crippen molar-refractivity contribution in [2.75, 3.05) is 12.3 Å². The second kappa shape index (κ2) is 3.96. The van der Waals surface area contributed by atoms with Gasteiger partial charge in [0.05, 0.1) is 6.61 Å². The van der Waals surface area contributed by atoms with E-state index in [0.29, 0.717) is 16.8 Å². The number of nitrogen functional groups attached to an aromatic ring is 1. The number of imidazole rings is 1. The summed E-state index contributed by atoms with van der Waals surface area (Å²) in [6.45, 7) is 0.794. The molecular weight excluding hydrogens is 238 g/mol. The van der Waals surface area contributed by atoms with Crippen molar-refractivity contribution in [1.29, 1.82) is 0 Å². The Hall–Kier alpha value is -1.68. The van der Waals surface area contributed by atoms with Gasteiger partial charge < -0.3 is 15.5 Å². The van der Waals surface area contributed by atoms with Crippen LogP contribution in [0, 0.1) is 0 Å². The first-order valence-electron chi connectivity index (χ1n) is 5.51. The van der Waals surface area contributed by atoms with E-state index in [1.807, 2.05) is 12.1 Å². The maximum Gasteiger partial charge on any atom is 0.199 e. The van der Waals surface area contributed by atoms with E-state index >= 15 is 0 Å². The molecule has 5 heteroatoms. The summed E-state index contributed by atoms with van der Waals surface area (Å²) in [5.41, 5.74) is 8.44. The molecule has 0 amide bonds.